The first kappa shape index (κ1) is 24.8. The molecule has 0 aliphatic carbocycles. The second-order valence-electron chi connectivity index (χ2n) is 9.04. The number of alkyl halides is 3. The minimum absolute atomic E-state index is 0.0326. The third-order valence-electron chi connectivity index (χ3n) is 6.65. The second kappa shape index (κ2) is 10.2. The lowest BCUT2D eigenvalue weighted by atomic mass is 10.0. The van der Waals surface area contributed by atoms with E-state index in [9.17, 15) is 18.0 Å². The first-order valence-electron chi connectivity index (χ1n) is 12.1. The SMILES string of the molecule is Cn1cccc1C(=O)N1CCN(CCNc2ncc(-c3ccccc3)c3nc(C(F)(F)F)ccc23)CC1. The number of carbonyl (C=O) groups is 1. The molecule has 4 aromatic rings. The average molecular weight is 509 g/mol. The number of benzene rings is 1. The summed E-state index contributed by atoms with van der Waals surface area (Å²) in [5.74, 6) is 0.526. The largest absolute Gasteiger partial charge is 0.433 e. The molecule has 0 saturated carbocycles. The van der Waals surface area contributed by atoms with Gasteiger partial charge in [0.25, 0.3) is 5.91 Å². The molecule has 0 unspecified atom stereocenters. The van der Waals surface area contributed by atoms with Crippen molar-refractivity contribution in [3.8, 4) is 11.1 Å². The van der Waals surface area contributed by atoms with E-state index < -0.39 is 11.9 Å². The van der Waals surface area contributed by atoms with Crippen LogP contribution in [-0.4, -0.2) is 69.5 Å². The standard InChI is InChI=1S/C27H27F3N6O/c1-34-12-5-8-22(34)26(37)36-16-14-35(15-17-36)13-11-31-25-20-9-10-23(27(28,29)30)33-24(20)21(18-32-25)19-6-3-2-4-7-19/h2-10,12,18H,11,13-17H2,1H3,(H,31,32). The van der Waals surface area contributed by atoms with Crippen LogP contribution in [0.15, 0.2) is 67.0 Å². The summed E-state index contributed by atoms with van der Waals surface area (Å²) in [4.78, 5) is 25.3. The van der Waals surface area contributed by atoms with Gasteiger partial charge in [0, 0.05) is 69.7 Å². The maximum Gasteiger partial charge on any atom is 0.433 e. The van der Waals surface area contributed by atoms with Gasteiger partial charge in [-0.3, -0.25) is 9.69 Å². The number of hydrogen-bond acceptors (Lipinski definition) is 5. The summed E-state index contributed by atoms with van der Waals surface area (Å²) in [5, 5.41) is 3.81. The lowest BCUT2D eigenvalue weighted by Crippen LogP contribution is -2.49. The molecule has 3 aromatic heterocycles. The highest BCUT2D eigenvalue weighted by Gasteiger charge is 2.33. The summed E-state index contributed by atoms with van der Waals surface area (Å²) < 4.78 is 42.1. The molecule has 5 rings (SSSR count). The van der Waals surface area contributed by atoms with Crippen molar-refractivity contribution in [1.29, 1.82) is 0 Å². The van der Waals surface area contributed by atoms with E-state index in [-0.39, 0.29) is 11.4 Å². The third kappa shape index (κ3) is 5.29. The van der Waals surface area contributed by atoms with Crippen molar-refractivity contribution in [2.75, 3.05) is 44.6 Å². The van der Waals surface area contributed by atoms with Gasteiger partial charge in [-0.15, -0.1) is 0 Å². The number of piperazine rings is 1. The summed E-state index contributed by atoms with van der Waals surface area (Å²) in [6.45, 7) is 4.04. The molecule has 1 fully saturated rings. The molecule has 10 heteroatoms. The average Bonchev–Trinajstić information content (AvgIpc) is 3.34. The van der Waals surface area contributed by atoms with Gasteiger partial charge in [0.15, 0.2) is 0 Å². The maximum absolute atomic E-state index is 13.4. The zero-order valence-electron chi connectivity index (χ0n) is 20.4. The van der Waals surface area contributed by atoms with Gasteiger partial charge in [-0.2, -0.15) is 13.2 Å². The molecule has 0 atom stereocenters. The van der Waals surface area contributed by atoms with Crippen molar-refractivity contribution >= 4 is 22.6 Å². The van der Waals surface area contributed by atoms with Gasteiger partial charge >= 0.3 is 6.18 Å². The monoisotopic (exact) mass is 508 g/mol. The second-order valence-corrected chi connectivity index (χ2v) is 9.04. The maximum atomic E-state index is 13.4. The van der Waals surface area contributed by atoms with Crippen molar-refractivity contribution in [1.82, 2.24) is 24.3 Å². The Balaban J connectivity index is 1.27. The van der Waals surface area contributed by atoms with Gasteiger partial charge in [0.05, 0.1) is 5.52 Å². The molecule has 0 bridgehead atoms. The van der Waals surface area contributed by atoms with Gasteiger partial charge in [-0.1, -0.05) is 30.3 Å². The fraction of sp³-hybridized carbons (Fsp3) is 0.296. The summed E-state index contributed by atoms with van der Waals surface area (Å²) in [5.41, 5.74) is 1.30. The molecule has 1 N–H and O–H groups in total. The highest BCUT2D eigenvalue weighted by molar-refractivity contribution is 5.99. The van der Waals surface area contributed by atoms with E-state index in [1.807, 2.05) is 65.2 Å². The Morgan fingerprint density at radius 3 is 2.43 bits per heavy atom. The van der Waals surface area contributed by atoms with E-state index in [2.05, 4.69) is 20.2 Å². The summed E-state index contributed by atoms with van der Waals surface area (Å²) in [6, 6.07) is 15.3. The predicted molar refractivity (Wildman–Crippen MR) is 136 cm³/mol. The van der Waals surface area contributed by atoms with E-state index >= 15 is 0 Å². The molecule has 1 aromatic carbocycles. The molecule has 7 nitrogen and oxygen atoms in total. The van der Waals surface area contributed by atoms with Crippen LogP contribution < -0.4 is 5.32 Å². The first-order chi connectivity index (χ1) is 17.8. The Morgan fingerprint density at radius 1 is 1.00 bits per heavy atom. The fourth-order valence-electron chi connectivity index (χ4n) is 4.60. The van der Waals surface area contributed by atoms with Gasteiger partial charge in [0.2, 0.25) is 0 Å². The van der Waals surface area contributed by atoms with Crippen LogP contribution in [0.1, 0.15) is 16.2 Å². The van der Waals surface area contributed by atoms with E-state index in [4.69, 9.17) is 0 Å². The predicted octanol–water partition coefficient (Wildman–Crippen LogP) is 4.52. The van der Waals surface area contributed by atoms with Gasteiger partial charge < -0.3 is 14.8 Å². The number of aryl methyl sites for hydroxylation is 1. The van der Waals surface area contributed by atoms with E-state index in [1.165, 1.54) is 6.07 Å². The summed E-state index contributed by atoms with van der Waals surface area (Å²) >= 11 is 0. The van der Waals surface area contributed by atoms with Crippen LogP contribution in [0.4, 0.5) is 19.0 Å². The zero-order chi connectivity index (χ0) is 26.0. The van der Waals surface area contributed by atoms with Gasteiger partial charge in [-0.25, -0.2) is 9.97 Å². The molecule has 1 saturated heterocycles. The van der Waals surface area contributed by atoms with Crippen molar-refractivity contribution < 1.29 is 18.0 Å². The number of fused-ring (bicyclic) bond motifs is 1. The minimum Gasteiger partial charge on any atom is -0.368 e. The van der Waals surface area contributed by atoms with Crippen LogP contribution >= 0.6 is 0 Å². The smallest absolute Gasteiger partial charge is 0.368 e. The summed E-state index contributed by atoms with van der Waals surface area (Å²) in [7, 11) is 1.86. The molecule has 1 amide bonds. The van der Waals surface area contributed by atoms with Crippen LogP contribution in [-0.2, 0) is 13.2 Å². The number of anilines is 1. The lowest BCUT2D eigenvalue weighted by molar-refractivity contribution is -0.140. The molecule has 4 heterocycles. The first-order valence-corrected chi connectivity index (χ1v) is 12.1. The van der Waals surface area contributed by atoms with Gasteiger partial charge in [-0.05, 0) is 29.8 Å². The Kier molecular flexibility index (Phi) is 6.84. The van der Waals surface area contributed by atoms with Crippen LogP contribution in [0.2, 0.25) is 0 Å². The van der Waals surface area contributed by atoms with Crippen LogP contribution in [0.3, 0.4) is 0 Å². The molecule has 192 valence electrons. The number of pyridine rings is 2. The normalized spacial score (nSPS) is 14.8. The highest BCUT2D eigenvalue weighted by atomic mass is 19.4. The van der Waals surface area contributed by atoms with E-state index in [1.54, 1.807) is 6.20 Å². The molecule has 0 spiro atoms. The number of nitrogens with one attached hydrogen (secondary N) is 1. The number of aromatic nitrogens is 3. The number of hydrogen-bond donors (Lipinski definition) is 1. The van der Waals surface area contributed by atoms with Crippen molar-refractivity contribution in [3.63, 3.8) is 0 Å². The van der Waals surface area contributed by atoms with Crippen molar-refractivity contribution in [2.45, 2.75) is 6.18 Å². The molecule has 1 aliphatic rings. The Morgan fingerprint density at radius 2 is 1.76 bits per heavy atom. The molecule has 1 aliphatic heterocycles. The van der Waals surface area contributed by atoms with Crippen LogP contribution in [0.25, 0.3) is 22.0 Å². The molecule has 37 heavy (non-hydrogen) atoms. The topological polar surface area (TPSA) is 66.3 Å². The highest BCUT2D eigenvalue weighted by Crippen LogP contribution is 2.34. The Hall–Kier alpha value is -3.92. The van der Waals surface area contributed by atoms with Gasteiger partial charge in [0.1, 0.15) is 17.2 Å². The number of nitrogens with zero attached hydrogens (tertiary/aromatic N) is 5. The Labute approximate surface area is 212 Å². The third-order valence-corrected chi connectivity index (χ3v) is 6.65. The Bertz CT molecular complexity index is 1390. The van der Waals surface area contributed by atoms with E-state index in [0.717, 1.165) is 24.7 Å². The molecule has 0 radical (unpaired) electrons. The van der Waals surface area contributed by atoms with Crippen molar-refractivity contribution in [3.05, 3.63) is 78.4 Å². The number of rotatable bonds is 6. The minimum atomic E-state index is -4.54. The van der Waals surface area contributed by atoms with Crippen LogP contribution in [0.5, 0.6) is 0 Å². The quantitative estimate of drug-likeness (QED) is 0.415. The number of amides is 1. The number of halogens is 3. The van der Waals surface area contributed by atoms with Crippen molar-refractivity contribution in [2.24, 2.45) is 7.05 Å². The van der Waals surface area contributed by atoms with E-state index in [0.29, 0.717) is 48.6 Å². The lowest BCUT2D eigenvalue weighted by Gasteiger charge is -2.34. The zero-order valence-corrected chi connectivity index (χ0v) is 20.4. The fourth-order valence-corrected chi connectivity index (χ4v) is 4.60. The molecular weight excluding hydrogens is 481 g/mol. The summed E-state index contributed by atoms with van der Waals surface area (Å²) in [6.07, 6.45) is -1.11. The molecular formula is C27H27F3N6O. The van der Waals surface area contributed by atoms with Crippen LogP contribution in [0, 0.1) is 0 Å². The number of carbonyl (C=O) groups excluding carboxylic acids is 1.